The lowest BCUT2D eigenvalue weighted by Crippen LogP contribution is -2.02. The maximum absolute atomic E-state index is 5.49. The van der Waals surface area contributed by atoms with E-state index in [1.54, 1.807) is 11.3 Å². The molecule has 0 atom stereocenters. The van der Waals surface area contributed by atoms with E-state index in [1.807, 2.05) is 11.3 Å². The number of thiophene rings is 2. The van der Waals surface area contributed by atoms with Crippen LogP contribution < -0.4 is 0 Å². The maximum atomic E-state index is 5.49. The summed E-state index contributed by atoms with van der Waals surface area (Å²) in [4.78, 5) is 11.7. The summed E-state index contributed by atoms with van der Waals surface area (Å²) in [6, 6.07) is 58.0. The van der Waals surface area contributed by atoms with Gasteiger partial charge in [-0.3, -0.25) is 4.57 Å². The third kappa shape index (κ3) is 4.05. The number of aromatic nitrogens is 3. The van der Waals surface area contributed by atoms with Crippen molar-refractivity contribution in [2.24, 2.45) is 0 Å². The van der Waals surface area contributed by atoms with Crippen LogP contribution in [0.3, 0.4) is 0 Å². The number of hydrogen-bond donors (Lipinski definition) is 0. The van der Waals surface area contributed by atoms with E-state index < -0.39 is 0 Å². The van der Waals surface area contributed by atoms with Crippen LogP contribution in [0.15, 0.2) is 158 Å². The quantitative estimate of drug-likeness (QED) is 0.165. The second kappa shape index (κ2) is 11.2. The first-order chi connectivity index (χ1) is 27.7. The molecular weight excluding hydrogens is 719 g/mol. The van der Waals surface area contributed by atoms with Gasteiger partial charge in [0.15, 0.2) is 5.82 Å². The van der Waals surface area contributed by atoms with E-state index in [4.69, 9.17) is 9.97 Å². The van der Waals surface area contributed by atoms with Gasteiger partial charge in [0, 0.05) is 36.3 Å². The fourth-order valence-electron chi connectivity index (χ4n) is 9.48. The molecule has 0 saturated carbocycles. The first kappa shape index (κ1) is 30.6. The molecule has 9 aromatic carbocycles. The van der Waals surface area contributed by atoms with Gasteiger partial charge in [0.2, 0.25) is 0 Å². The second-order valence-corrected chi connectivity index (χ2v) is 17.0. The summed E-state index contributed by atoms with van der Waals surface area (Å²) in [5.41, 5.74) is 6.73. The van der Waals surface area contributed by atoms with E-state index in [1.165, 1.54) is 95.4 Å². The van der Waals surface area contributed by atoms with E-state index in [2.05, 4.69) is 169 Å². The van der Waals surface area contributed by atoms with Gasteiger partial charge in [-0.2, -0.15) is 0 Å². The van der Waals surface area contributed by atoms with Crippen LogP contribution in [0, 0.1) is 6.92 Å². The number of para-hydroxylation sites is 1. The summed E-state index contributed by atoms with van der Waals surface area (Å²) >= 11 is 3.61. The van der Waals surface area contributed by atoms with Crippen molar-refractivity contribution in [2.75, 3.05) is 0 Å². The Bertz CT molecular complexity index is 3850. The molecule has 13 aromatic rings. The van der Waals surface area contributed by atoms with Gasteiger partial charge in [-0.15, -0.1) is 22.7 Å². The van der Waals surface area contributed by atoms with Crippen molar-refractivity contribution in [2.45, 2.75) is 6.92 Å². The summed E-state index contributed by atoms with van der Waals surface area (Å²) in [5, 5.41) is 16.4. The van der Waals surface area contributed by atoms with Crippen LogP contribution in [-0.2, 0) is 0 Å². The predicted molar refractivity (Wildman–Crippen MR) is 242 cm³/mol. The largest absolute Gasteiger partial charge is 0.291 e. The van der Waals surface area contributed by atoms with Crippen molar-refractivity contribution < 1.29 is 0 Å². The third-order valence-electron chi connectivity index (χ3n) is 11.9. The van der Waals surface area contributed by atoms with Crippen molar-refractivity contribution in [3.8, 4) is 16.9 Å². The predicted octanol–water partition coefficient (Wildman–Crippen LogP) is 14.9. The van der Waals surface area contributed by atoms with Crippen molar-refractivity contribution in [1.29, 1.82) is 0 Å². The van der Waals surface area contributed by atoms with Crippen molar-refractivity contribution >= 4 is 128 Å². The summed E-state index contributed by atoms with van der Waals surface area (Å²) in [6.07, 6.45) is 0. The Kier molecular flexibility index (Phi) is 6.13. The highest BCUT2D eigenvalue weighted by Gasteiger charge is 2.25. The fourth-order valence-corrected chi connectivity index (χ4v) is 11.8. The molecule has 13 rings (SSSR count). The van der Waals surface area contributed by atoms with E-state index in [9.17, 15) is 0 Å². The van der Waals surface area contributed by atoms with Gasteiger partial charge in [-0.25, -0.2) is 9.97 Å². The molecule has 0 aliphatic rings. The zero-order chi connectivity index (χ0) is 36.6. The molecule has 3 nitrogen and oxygen atoms in total. The molecule has 4 aromatic heterocycles. The Morgan fingerprint density at radius 2 is 1.14 bits per heavy atom. The standard InChI is InChI=1S/C51H29N3S2/c1-28-50(53-47-39-19-9-11-21-42(39)56-51(47)52-28)54-41-20-10-8-18-38(41)44-36-16-6-7-17-37(36)46-45-33-24-22-31(26-30(33)23-25-43(45)55-49(46)48(44)54)40-27-29-12-2-3-13-32(29)34-14-4-5-15-35(34)40/h2-27H,1H3. The number of aryl methyl sites for hydroxylation is 1. The monoisotopic (exact) mass is 747 g/mol. The Morgan fingerprint density at radius 3 is 2.00 bits per heavy atom. The Balaban J connectivity index is 1.15. The molecule has 0 amide bonds. The van der Waals surface area contributed by atoms with E-state index in [-0.39, 0.29) is 0 Å². The highest BCUT2D eigenvalue weighted by Crippen LogP contribution is 2.50. The lowest BCUT2D eigenvalue weighted by molar-refractivity contribution is 1.04. The number of rotatable bonds is 2. The molecule has 0 aliphatic heterocycles. The minimum absolute atomic E-state index is 0.887. The van der Waals surface area contributed by atoms with Crippen molar-refractivity contribution in [1.82, 2.24) is 14.5 Å². The first-order valence-electron chi connectivity index (χ1n) is 19.0. The van der Waals surface area contributed by atoms with Gasteiger partial charge in [0.1, 0.15) is 10.3 Å². The zero-order valence-electron chi connectivity index (χ0n) is 30.2. The van der Waals surface area contributed by atoms with Crippen LogP contribution in [-0.4, -0.2) is 14.5 Å². The molecule has 0 fully saturated rings. The van der Waals surface area contributed by atoms with E-state index >= 15 is 0 Å². The summed E-state index contributed by atoms with van der Waals surface area (Å²) in [5.74, 6) is 0.887. The van der Waals surface area contributed by atoms with Gasteiger partial charge in [0.25, 0.3) is 0 Å². The number of nitrogens with zero attached hydrogens (tertiary/aromatic N) is 3. The minimum atomic E-state index is 0.887. The smallest absolute Gasteiger partial charge is 0.160 e. The number of benzene rings is 9. The minimum Gasteiger partial charge on any atom is -0.291 e. The summed E-state index contributed by atoms with van der Waals surface area (Å²) < 4.78 is 6.18. The van der Waals surface area contributed by atoms with Crippen LogP contribution in [0.2, 0.25) is 0 Å². The average molecular weight is 748 g/mol. The molecular formula is C51H29N3S2. The van der Waals surface area contributed by atoms with Gasteiger partial charge in [-0.05, 0) is 91.5 Å². The molecule has 4 heterocycles. The van der Waals surface area contributed by atoms with Crippen molar-refractivity contribution in [3.63, 3.8) is 0 Å². The fraction of sp³-hybridized carbons (Fsp3) is 0.0196. The molecule has 0 N–H and O–H groups in total. The topological polar surface area (TPSA) is 30.7 Å². The Labute approximate surface area is 328 Å². The molecule has 260 valence electrons. The molecule has 0 saturated heterocycles. The van der Waals surface area contributed by atoms with Gasteiger partial charge >= 0.3 is 0 Å². The summed E-state index contributed by atoms with van der Waals surface area (Å²) in [6.45, 7) is 2.11. The first-order valence-corrected chi connectivity index (χ1v) is 20.6. The highest BCUT2D eigenvalue weighted by atomic mass is 32.1. The van der Waals surface area contributed by atoms with E-state index in [0.717, 1.165) is 32.8 Å². The Hall–Kier alpha value is -6.66. The molecule has 0 spiro atoms. The van der Waals surface area contributed by atoms with Gasteiger partial charge < -0.3 is 0 Å². The number of fused-ring (bicyclic) bond motifs is 18. The van der Waals surface area contributed by atoms with Gasteiger partial charge in [0.05, 0.1) is 21.4 Å². The normalized spacial score (nSPS) is 12.4. The lowest BCUT2D eigenvalue weighted by Gasteiger charge is -2.13. The number of hydrogen-bond acceptors (Lipinski definition) is 4. The Morgan fingerprint density at radius 1 is 0.464 bits per heavy atom. The van der Waals surface area contributed by atoms with Crippen LogP contribution in [0.1, 0.15) is 5.69 Å². The molecule has 0 unspecified atom stereocenters. The third-order valence-corrected chi connectivity index (χ3v) is 14.1. The molecule has 0 radical (unpaired) electrons. The molecule has 5 heteroatoms. The SMILES string of the molecule is Cc1nc2sc3ccccc3c2nc1-n1c2ccccc2c2c3ccccc3c3c(sc4ccc5cc(-c6cc7ccccc7c7ccccc67)ccc5c43)c21. The van der Waals surface area contributed by atoms with Crippen LogP contribution in [0.5, 0.6) is 0 Å². The highest BCUT2D eigenvalue weighted by molar-refractivity contribution is 7.27. The molecule has 56 heavy (non-hydrogen) atoms. The van der Waals surface area contributed by atoms with E-state index in [0.29, 0.717) is 0 Å². The zero-order valence-corrected chi connectivity index (χ0v) is 31.8. The molecule has 0 aliphatic carbocycles. The average Bonchev–Trinajstić information content (AvgIpc) is 3.93. The maximum Gasteiger partial charge on any atom is 0.160 e. The van der Waals surface area contributed by atoms with Crippen LogP contribution in [0.4, 0.5) is 0 Å². The van der Waals surface area contributed by atoms with Crippen LogP contribution in [0.25, 0.3) is 122 Å². The lowest BCUT2D eigenvalue weighted by atomic mass is 9.91. The van der Waals surface area contributed by atoms with Crippen molar-refractivity contribution in [3.05, 3.63) is 163 Å². The second-order valence-electron chi connectivity index (χ2n) is 14.9. The van der Waals surface area contributed by atoms with Gasteiger partial charge in [-0.1, -0.05) is 127 Å². The summed E-state index contributed by atoms with van der Waals surface area (Å²) in [7, 11) is 0. The molecule has 0 bridgehead atoms. The van der Waals surface area contributed by atoms with Crippen LogP contribution >= 0.6 is 22.7 Å².